The molecule has 2 aromatic rings. The maximum absolute atomic E-state index is 11.9. The largest absolute Gasteiger partial charge is 0.477 e. The number of carboxylic acid groups (broad SMARTS) is 1. The topological polar surface area (TPSA) is 69.8 Å². The summed E-state index contributed by atoms with van der Waals surface area (Å²) in [6.07, 6.45) is 4.84. The first-order valence-electron chi connectivity index (χ1n) is 9.48. The molecule has 0 spiro atoms. The van der Waals surface area contributed by atoms with Gasteiger partial charge in [-0.2, -0.15) is 0 Å². The van der Waals surface area contributed by atoms with Crippen molar-refractivity contribution in [2.45, 2.75) is 25.7 Å². The van der Waals surface area contributed by atoms with Crippen LogP contribution in [0, 0.1) is 5.92 Å². The third kappa shape index (κ3) is 3.46. The fourth-order valence-corrected chi connectivity index (χ4v) is 4.21. The molecular formula is C20H25N3O3. The van der Waals surface area contributed by atoms with Crippen molar-refractivity contribution in [2.24, 2.45) is 5.92 Å². The van der Waals surface area contributed by atoms with Crippen molar-refractivity contribution in [2.75, 3.05) is 37.6 Å². The third-order valence-corrected chi connectivity index (χ3v) is 5.46. The van der Waals surface area contributed by atoms with E-state index in [0.29, 0.717) is 17.5 Å². The summed E-state index contributed by atoms with van der Waals surface area (Å²) in [5, 5.41) is 13.9. The number of rotatable bonds is 5. The number of carbonyl (C=O) groups is 1. The Bertz CT molecular complexity index is 753. The van der Waals surface area contributed by atoms with Crippen LogP contribution in [0.4, 0.5) is 5.82 Å². The van der Waals surface area contributed by atoms with Crippen LogP contribution in [0.5, 0.6) is 0 Å². The van der Waals surface area contributed by atoms with Crippen LogP contribution < -0.4 is 4.90 Å². The average Bonchev–Trinajstić information content (AvgIpc) is 3.32. The van der Waals surface area contributed by atoms with E-state index in [9.17, 15) is 9.90 Å². The van der Waals surface area contributed by atoms with Gasteiger partial charge < -0.3 is 19.4 Å². The molecule has 2 fully saturated rings. The van der Waals surface area contributed by atoms with Crippen LogP contribution >= 0.6 is 0 Å². The van der Waals surface area contributed by atoms with Crippen molar-refractivity contribution >= 4 is 11.8 Å². The van der Waals surface area contributed by atoms with E-state index in [-0.39, 0.29) is 5.56 Å². The maximum Gasteiger partial charge on any atom is 0.343 e. The van der Waals surface area contributed by atoms with Gasteiger partial charge in [-0.25, -0.2) is 4.79 Å². The van der Waals surface area contributed by atoms with Crippen molar-refractivity contribution in [3.05, 3.63) is 35.9 Å². The number of likely N-dealkylation sites (tertiary alicyclic amines) is 1. The highest BCUT2D eigenvalue weighted by atomic mass is 16.5. The van der Waals surface area contributed by atoms with Gasteiger partial charge in [-0.1, -0.05) is 35.5 Å². The fourth-order valence-electron chi connectivity index (χ4n) is 4.21. The minimum absolute atomic E-state index is 0.179. The summed E-state index contributed by atoms with van der Waals surface area (Å²) in [6.45, 7) is 5.16. The summed E-state index contributed by atoms with van der Waals surface area (Å²) < 4.78 is 5.48. The van der Waals surface area contributed by atoms with E-state index in [4.69, 9.17) is 4.52 Å². The lowest BCUT2D eigenvalue weighted by Crippen LogP contribution is -2.41. The summed E-state index contributed by atoms with van der Waals surface area (Å²) in [5.74, 6) is 0.388. The Hall–Kier alpha value is -2.34. The summed E-state index contributed by atoms with van der Waals surface area (Å²) in [7, 11) is 0. The van der Waals surface area contributed by atoms with Crippen molar-refractivity contribution < 1.29 is 14.4 Å². The predicted octanol–water partition coefficient (Wildman–Crippen LogP) is 3.35. The zero-order valence-electron chi connectivity index (χ0n) is 14.9. The van der Waals surface area contributed by atoms with Gasteiger partial charge in [0.05, 0.1) is 0 Å². The summed E-state index contributed by atoms with van der Waals surface area (Å²) >= 11 is 0. The van der Waals surface area contributed by atoms with Gasteiger partial charge in [-0.05, 0) is 44.7 Å². The minimum atomic E-state index is -0.984. The predicted molar refractivity (Wildman–Crippen MR) is 99.5 cm³/mol. The minimum Gasteiger partial charge on any atom is -0.477 e. The molecule has 2 aliphatic heterocycles. The fraction of sp³-hybridized carbons (Fsp3) is 0.500. The number of carboxylic acids is 1. The molecule has 4 rings (SSSR count). The van der Waals surface area contributed by atoms with Gasteiger partial charge >= 0.3 is 5.97 Å². The number of aromatic nitrogens is 1. The lowest BCUT2D eigenvalue weighted by molar-refractivity contribution is 0.0697. The van der Waals surface area contributed by atoms with Gasteiger partial charge in [0.2, 0.25) is 0 Å². The van der Waals surface area contributed by atoms with E-state index in [1.807, 2.05) is 30.3 Å². The van der Waals surface area contributed by atoms with Crippen LogP contribution in [0.3, 0.4) is 0 Å². The van der Waals surface area contributed by atoms with Crippen LogP contribution in [0.2, 0.25) is 0 Å². The zero-order valence-corrected chi connectivity index (χ0v) is 14.9. The van der Waals surface area contributed by atoms with Gasteiger partial charge in [0.1, 0.15) is 0 Å². The molecule has 0 amide bonds. The van der Waals surface area contributed by atoms with Crippen LogP contribution in [0.15, 0.2) is 34.9 Å². The van der Waals surface area contributed by atoms with Crippen molar-refractivity contribution in [1.29, 1.82) is 0 Å². The summed E-state index contributed by atoms with van der Waals surface area (Å²) in [4.78, 5) is 16.6. The maximum atomic E-state index is 11.9. The Kier molecular flexibility index (Phi) is 4.93. The van der Waals surface area contributed by atoms with Gasteiger partial charge in [0.25, 0.3) is 0 Å². The molecule has 26 heavy (non-hydrogen) atoms. The first kappa shape index (κ1) is 17.1. The van der Waals surface area contributed by atoms with Crippen LogP contribution in [-0.4, -0.2) is 53.9 Å². The molecule has 6 heteroatoms. The van der Waals surface area contributed by atoms with E-state index >= 15 is 0 Å². The van der Waals surface area contributed by atoms with Crippen LogP contribution in [0.25, 0.3) is 11.3 Å². The molecule has 1 atom stereocenters. The summed E-state index contributed by atoms with van der Waals surface area (Å²) in [5.41, 5.74) is 0.923. The normalized spacial score (nSPS) is 21.2. The van der Waals surface area contributed by atoms with Gasteiger partial charge in [0, 0.05) is 25.2 Å². The van der Waals surface area contributed by atoms with E-state index in [0.717, 1.165) is 31.6 Å². The number of nitrogens with zero attached hydrogens (tertiary/aromatic N) is 3. The van der Waals surface area contributed by atoms with Crippen molar-refractivity contribution in [1.82, 2.24) is 10.1 Å². The Balaban J connectivity index is 1.56. The molecule has 1 aromatic carbocycles. The second-order valence-electron chi connectivity index (χ2n) is 7.34. The first-order chi connectivity index (χ1) is 12.7. The third-order valence-electron chi connectivity index (χ3n) is 5.46. The Morgan fingerprint density at radius 3 is 2.65 bits per heavy atom. The first-order valence-corrected chi connectivity index (χ1v) is 9.48. The highest BCUT2D eigenvalue weighted by Crippen LogP contribution is 2.33. The standard InChI is InChI=1S/C20H25N3O3/c24-20(25)17-18(16-8-2-1-3-9-16)26-21-19(17)23-12-6-7-15(14-23)13-22-10-4-5-11-22/h1-3,8-9,15H,4-7,10-14H2,(H,24,25). The monoisotopic (exact) mass is 355 g/mol. The molecule has 0 aliphatic carbocycles. The quantitative estimate of drug-likeness (QED) is 0.887. The second kappa shape index (κ2) is 7.50. The Morgan fingerprint density at radius 2 is 1.92 bits per heavy atom. The molecule has 2 saturated heterocycles. The molecule has 1 aromatic heterocycles. The molecular weight excluding hydrogens is 330 g/mol. The van der Waals surface area contributed by atoms with Crippen molar-refractivity contribution in [3.63, 3.8) is 0 Å². The highest BCUT2D eigenvalue weighted by molar-refractivity contribution is 5.99. The van der Waals surface area contributed by atoms with Crippen LogP contribution in [0.1, 0.15) is 36.0 Å². The lowest BCUT2D eigenvalue weighted by atomic mass is 9.97. The molecule has 1 N–H and O–H groups in total. The number of hydrogen-bond acceptors (Lipinski definition) is 5. The molecule has 138 valence electrons. The average molecular weight is 355 g/mol. The Labute approximate surface area is 153 Å². The van der Waals surface area contributed by atoms with E-state index in [1.165, 1.54) is 32.4 Å². The lowest BCUT2D eigenvalue weighted by Gasteiger charge is -2.34. The molecule has 6 nitrogen and oxygen atoms in total. The van der Waals surface area contributed by atoms with E-state index in [1.54, 1.807) is 0 Å². The number of aromatic carboxylic acids is 1. The Morgan fingerprint density at radius 1 is 1.15 bits per heavy atom. The molecule has 0 bridgehead atoms. The van der Waals surface area contributed by atoms with Crippen LogP contribution in [-0.2, 0) is 0 Å². The molecule has 1 unspecified atom stereocenters. The second-order valence-corrected chi connectivity index (χ2v) is 7.34. The van der Waals surface area contributed by atoms with Gasteiger partial charge in [-0.3, -0.25) is 0 Å². The van der Waals surface area contributed by atoms with E-state index < -0.39 is 5.97 Å². The summed E-state index contributed by atoms with van der Waals surface area (Å²) in [6, 6.07) is 9.34. The number of benzene rings is 1. The molecule has 0 saturated carbocycles. The number of anilines is 1. The van der Waals surface area contributed by atoms with Gasteiger partial charge in [-0.15, -0.1) is 0 Å². The number of hydrogen-bond donors (Lipinski definition) is 1. The van der Waals surface area contributed by atoms with Crippen molar-refractivity contribution in [3.8, 4) is 11.3 Å². The number of piperidine rings is 1. The highest BCUT2D eigenvalue weighted by Gasteiger charge is 2.31. The van der Waals surface area contributed by atoms with E-state index in [2.05, 4.69) is 15.0 Å². The smallest absolute Gasteiger partial charge is 0.343 e. The van der Waals surface area contributed by atoms with Gasteiger partial charge in [0.15, 0.2) is 17.1 Å². The molecule has 3 heterocycles. The molecule has 0 radical (unpaired) electrons. The SMILES string of the molecule is O=C(O)c1c(N2CCCC(CN3CCCC3)C2)noc1-c1ccccc1. The molecule has 2 aliphatic rings. The zero-order chi connectivity index (χ0) is 17.9.